The highest BCUT2D eigenvalue weighted by Crippen LogP contribution is 2.39. The third-order valence-electron chi connectivity index (χ3n) is 6.41. The molecule has 1 aromatic heterocycles. The lowest BCUT2D eigenvalue weighted by molar-refractivity contribution is 0.272. The Hall–Kier alpha value is -3.63. The number of nitrogens with two attached hydrogens (primary N) is 2. The lowest BCUT2D eigenvalue weighted by atomic mass is 9.88. The van der Waals surface area contributed by atoms with Crippen LogP contribution in [0.25, 0.3) is 11.8 Å². The Kier molecular flexibility index (Phi) is 9.04. The van der Waals surface area contributed by atoms with Crippen molar-refractivity contribution in [3.63, 3.8) is 0 Å². The van der Waals surface area contributed by atoms with E-state index in [4.69, 9.17) is 11.1 Å². The molecule has 35 heavy (non-hydrogen) atoms. The van der Waals surface area contributed by atoms with Crippen LogP contribution in [0.4, 0.5) is 11.6 Å². The monoisotopic (exact) mass is 471 g/mol. The first-order valence-electron chi connectivity index (χ1n) is 12.3. The Balaban J connectivity index is 0.00000167. The minimum atomic E-state index is 0.129. The van der Waals surface area contributed by atoms with E-state index in [1.807, 2.05) is 6.92 Å². The quantitative estimate of drug-likeness (QED) is 0.368. The highest BCUT2D eigenvalue weighted by atomic mass is 15.2. The van der Waals surface area contributed by atoms with E-state index in [1.165, 1.54) is 62.2 Å². The Bertz CT molecular complexity index is 1160. The number of aromatic nitrogens is 2. The van der Waals surface area contributed by atoms with E-state index in [0.29, 0.717) is 30.4 Å². The summed E-state index contributed by atoms with van der Waals surface area (Å²) in [5.74, 6) is 6.57. The number of rotatable bonds is 5. The summed E-state index contributed by atoms with van der Waals surface area (Å²) in [4.78, 5) is 10.9. The molecule has 0 amide bonds. The van der Waals surface area contributed by atoms with E-state index in [1.54, 1.807) is 0 Å². The zero-order valence-corrected chi connectivity index (χ0v) is 21.1. The smallest absolute Gasteiger partial charge is 0.142 e. The Labute approximate surface area is 209 Å². The highest BCUT2D eigenvalue weighted by Gasteiger charge is 2.30. The maximum atomic E-state index is 8.38. The van der Waals surface area contributed by atoms with Crippen LogP contribution in [0.2, 0.25) is 0 Å². The van der Waals surface area contributed by atoms with Crippen LogP contribution in [0.5, 0.6) is 0 Å². The first-order valence-corrected chi connectivity index (χ1v) is 12.3. The summed E-state index contributed by atoms with van der Waals surface area (Å²) in [6.07, 6.45) is 10.5. The molecule has 2 aromatic rings. The van der Waals surface area contributed by atoms with Crippen molar-refractivity contribution in [2.75, 3.05) is 24.6 Å². The molecule has 1 fully saturated rings. The van der Waals surface area contributed by atoms with Gasteiger partial charge >= 0.3 is 0 Å². The summed E-state index contributed by atoms with van der Waals surface area (Å²) in [6.45, 7) is 9.18. The molecule has 0 unspecified atom stereocenters. The van der Waals surface area contributed by atoms with Crippen LogP contribution in [-0.4, -0.2) is 40.2 Å². The molecule has 2 aliphatic rings. The first-order chi connectivity index (χ1) is 17.0. The molecule has 0 atom stereocenters. The molecule has 0 saturated heterocycles. The Morgan fingerprint density at radius 3 is 2.69 bits per heavy atom. The van der Waals surface area contributed by atoms with Crippen molar-refractivity contribution < 1.29 is 0 Å². The molecule has 1 aliphatic carbocycles. The first kappa shape index (κ1) is 26.0. The van der Waals surface area contributed by atoms with Crippen LogP contribution in [0.3, 0.4) is 0 Å². The largest absolute Gasteiger partial charge is 0.383 e. The summed E-state index contributed by atoms with van der Waals surface area (Å²) in [5.41, 5.74) is 17.1. The van der Waals surface area contributed by atoms with Crippen LogP contribution < -0.4 is 16.8 Å². The van der Waals surface area contributed by atoms with Gasteiger partial charge in [0, 0.05) is 29.4 Å². The van der Waals surface area contributed by atoms with E-state index in [2.05, 4.69) is 75.5 Å². The summed E-state index contributed by atoms with van der Waals surface area (Å²) < 4.78 is 0. The van der Waals surface area contributed by atoms with Gasteiger partial charge in [0.1, 0.15) is 23.7 Å². The molecule has 6 N–H and O–H groups in total. The molecule has 0 bridgehead atoms. The number of nitrogens with one attached hydrogen (secondary N) is 2. The molecule has 2 heterocycles. The molecular weight excluding hydrogens is 434 g/mol. The SMILES string of the molecule is C=C1c2c(C)cccc2C=C(CNc2ncnc(N)c2C(=N)C#CCC)N1C1CCCCC1.CN. The van der Waals surface area contributed by atoms with Gasteiger partial charge in [-0.3, -0.25) is 5.41 Å². The van der Waals surface area contributed by atoms with E-state index < -0.39 is 0 Å². The number of nitrogen functional groups attached to an aromatic ring is 1. The average molecular weight is 472 g/mol. The van der Waals surface area contributed by atoms with Gasteiger partial charge in [0.25, 0.3) is 0 Å². The van der Waals surface area contributed by atoms with Gasteiger partial charge in [-0.05, 0) is 49.9 Å². The molecule has 1 aromatic carbocycles. The summed E-state index contributed by atoms with van der Waals surface area (Å²) in [5, 5.41) is 11.8. The third kappa shape index (κ3) is 5.72. The van der Waals surface area contributed by atoms with Crippen LogP contribution in [0.1, 0.15) is 67.7 Å². The molecule has 7 heteroatoms. The van der Waals surface area contributed by atoms with Crippen molar-refractivity contribution in [2.45, 2.75) is 58.4 Å². The minimum Gasteiger partial charge on any atom is -0.383 e. The second-order valence-corrected chi connectivity index (χ2v) is 8.65. The Morgan fingerprint density at radius 1 is 1.23 bits per heavy atom. The van der Waals surface area contributed by atoms with Crippen LogP contribution in [-0.2, 0) is 0 Å². The lowest BCUT2D eigenvalue weighted by Crippen LogP contribution is -2.38. The molecular formula is C28H37N7. The van der Waals surface area contributed by atoms with E-state index in [0.717, 1.165) is 11.4 Å². The van der Waals surface area contributed by atoms with Crippen molar-refractivity contribution in [2.24, 2.45) is 5.73 Å². The second-order valence-electron chi connectivity index (χ2n) is 8.65. The zero-order chi connectivity index (χ0) is 25.4. The minimum absolute atomic E-state index is 0.129. The van der Waals surface area contributed by atoms with Crippen molar-refractivity contribution in [1.82, 2.24) is 14.9 Å². The van der Waals surface area contributed by atoms with Gasteiger partial charge in [0.05, 0.1) is 12.1 Å². The summed E-state index contributed by atoms with van der Waals surface area (Å²) in [7, 11) is 1.50. The number of hydrogen-bond acceptors (Lipinski definition) is 7. The fraction of sp³-hybridized carbons (Fsp3) is 0.393. The number of benzene rings is 1. The fourth-order valence-electron chi connectivity index (χ4n) is 4.87. The Morgan fingerprint density at radius 2 is 1.97 bits per heavy atom. The van der Waals surface area contributed by atoms with Gasteiger partial charge in [0.15, 0.2) is 0 Å². The number of aryl methyl sites for hydroxylation is 1. The molecule has 0 spiro atoms. The molecule has 7 nitrogen and oxygen atoms in total. The van der Waals surface area contributed by atoms with Crippen molar-refractivity contribution in [3.8, 4) is 11.8 Å². The van der Waals surface area contributed by atoms with E-state index in [-0.39, 0.29) is 11.5 Å². The van der Waals surface area contributed by atoms with Crippen LogP contribution in [0.15, 0.2) is 36.8 Å². The predicted octanol–water partition coefficient (Wildman–Crippen LogP) is 4.80. The van der Waals surface area contributed by atoms with Crippen molar-refractivity contribution >= 4 is 29.1 Å². The zero-order valence-electron chi connectivity index (χ0n) is 21.1. The van der Waals surface area contributed by atoms with Gasteiger partial charge in [-0.25, -0.2) is 9.97 Å². The van der Waals surface area contributed by atoms with Gasteiger partial charge < -0.3 is 21.7 Å². The number of hydrogen-bond donors (Lipinski definition) is 4. The third-order valence-corrected chi connectivity index (χ3v) is 6.41. The molecule has 1 saturated carbocycles. The lowest BCUT2D eigenvalue weighted by Gasteiger charge is -2.42. The second kappa shape index (κ2) is 12.2. The average Bonchev–Trinajstić information content (AvgIpc) is 2.87. The topological polar surface area (TPSA) is 117 Å². The van der Waals surface area contributed by atoms with Crippen molar-refractivity contribution in [3.05, 3.63) is 59.1 Å². The maximum absolute atomic E-state index is 8.38. The number of nitrogens with zero attached hydrogens (tertiary/aromatic N) is 3. The summed E-state index contributed by atoms with van der Waals surface area (Å²) >= 11 is 0. The van der Waals surface area contributed by atoms with Gasteiger partial charge in [-0.1, -0.05) is 56.9 Å². The highest BCUT2D eigenvalue weighted by molar-refractivity contribution is 6.16. The standard InChI is InChI=1S/C27H32N6.CH5N/c1-4-5-14-23(28)25-26(29)31-17-32-27(25)30-16-22-15-20-11-9-10-18(2)24(20)19(3)33(22)21-12-7-6-8-13-21;1-2/h9-11,15,17,21,28H,3-4,6-8,12-13,16H2,1-2H3,(H3,29,30,31,32);2H2,1H3. The van der Waals surface area contributed by atoms with Gasteiger partial charge in [-0.2, -0.15) is 0 Å². The molecule has 4 rings (SSSR count). The number of fused-ring (bicyclic) bond motifs is 1. The van der Waals surface area contributed by atoms with Crippen molar-refractivity contribution in [1.29, 1.82) is 5.41 Å². The van der Waals surface area contributed by atoms with Gasteiger partial charge in [-0.15, -0.1) is 0 Å². The number of anilines is 2. The van der Waals surface area contributed by atoms with Crippen LogP contribution >= 0.6 is 0 Å². The molecule has 1 aliphatic heterocycles. The summed E-state index contributed by atoms with van der Waals surface area (Å²) in [6, 6.07) is 6.83. The molecule has 184 valence electrons. The van der Waals surface area contributed by atoms with Crippen LogP contribution in [0, 0.1) is 24.2 Å². The van der Waals surface area contributed by atoms with E-state index >= 15 is 0 Å². The maximum Gasteiger partial charge on any atom is 0.142 e. The predicted molar refractivity (Wildman–Crippen MR) is 147 cm³/mol. The fourth-order valence-corrected chi connectivity index (χ4v) is 4.87. The van der Waals surface area contributed by atoms with Gasteiger partial charge in [0.2, 0.25) is 0 Å². The van der Waals surface area contributed by atoms with E-state index in [9.17, 15) is 0 Å². The molecule has 0 radical (unpaired) electrons. The normalized spacial score (nSPS) is 15.1.